The second-order valence-electron chi connectivity index (χ2n) is 33.9. The second kappa shape index (κ2) is 48.0. The molecule has 15 atom stereocenters. The summed E-state index contributed by atoms with van der Waals surface area (Å²) in [7, 11) is 2.68. The number of amides is 17. The number of imidazole rings is 1. The lowest BCUT2D eigenvalue weighted by molar-refractivity contribution is -0.149. The number of aromatic hydroxyl groups is 1. The molecule has 4 fully saturated rings. The Bertz CT molecular complexity index is 5210. The van der Waals surface area contributed by atoms with Gasteiger partial charge in [0, 0.05) is 124 Å². The molecule has 21 N–H and O–H groups in total. The van der Waals surface area contributed by atoms with Crippen LogP contribution in [0, 0.1) is 0 Å². The Balaban J connectivity index is 1.01. The van der Waals surface area contributed by atoms with Gasteiger partial charge in [0.05, 0.1) is 37.8 Å². The first kappa shape index (κ1) is 102. The van der Waals surface area contributed by atoms with E-state index >= 15 is 38.4 Å². The third-order valence-corrected chi connectivity index (χ3v) is 25.2. The van der Waals surface area contributed by atoms with Crippen LogP contribution in [-0.2, 0) is 112 Å². The second-order valence-corrected chi connectivity index (χ2v) is 34.9. The van der Waals surface area contributed by atoms with Crippen LogP contribution in [0.5, 0.6) is 5.75 Å². The van der Waals surface area contributed by atoms with Crippen LogP contribution in [0.15, 0.2) is 97.7 Å². The number of nitrogens with one attached hydrogen (secondary N) is 13. The minimum absolute atomic E-state index is 0.00213. The highest BCUT2D eigenvalue weighted by Gasteiger charge is 2.47. The van der Waals surface area contributed by atoms with E-state index in [1.807, 2.05) is 13.8 Å². The maximum atomic E-state index is 15.6. The molecule has 0 aliphatic carbocycles. The van der Waals surface area contributed by atoms with Crippen molar-refractivity contribution in [2.45, 2.75) is 233 Å². The number of phenols is 1. The molecule has 0 radical (unpaired) electrons. The van der Waals surface area contributed by atoms with E-state index in [4.69, 9.17) is 11.5 Å². The molecule has 0 spiro atoms. The molecule has 133 heavy (non-hydrogen) atoms. The molecular formula is C89H119N21O22S. The largest absolute Gasteiger partial charge is 0.508 e. The fraction of sp³-hybridized carbons (Fsp3) is 0.517. The Labute approximate surface area is 769 Å². The van der Waals surface area contributed by atoms with E-state index in [0.717, 1.165) is 31.4 Å². The van der Waals surface area contributed by atoms with E-state index in [-0.39, 0.29) is 82.3 Å². The topological polar surface area (TPSA) is 637 Å². The van der Waals surface area contributed by atoms with E-state index < -0.39 is 254 Å². The Morgan fingerprint density at radius 3 is 1.65 bits per heavy atom. The number of primary amides is 2. The predicted octanol–water partition coefficient (Wildman–Crippen LogP) is -2.82. The van der Waals surface area contributed by atoms with Crippen LogP contribution in [0.1, 0.15) is 139 Å². The van der Waals surface area contributed by atoms with Crippen LogP contribution < -0.4 is 64.6 Å². The fourth-order valence-electron chi connectivity index (χ4n) is 17.0. The first-order valence-corrected chi connectivity index (χ1v) is 45.7. The average Bonchev–Trinajstić information content (AvgIpc) is 1.64. The van der Waals surface area contributed by atoms with Crippen molar-refractivity contribution in [3.8, 4) is 5.75 Å². The minimum Gasteiger partial charge on any atom is -0.508 e. The van der Waals surface area contributed by atoms with E-state index in [1.165, 1.54) is 62.7 Å². The molecule has 3 aromatic heterocycles. The average molecular weight is 1870 g/mol. The number of carbonyl (C=O) groups is 18. The third kappa shape index (κ3) is 27.3. The summed E-state index contributed by atoms with van der Waals surface area (Å²) in [4.78, 5) is 280. The van der Waals surface area contributed by atoms with E-state index in [2.05, 4.69) is 73.1 Å². The quantitative estimate of drug-likeness (QED) is 0.0308. The summed E-state index contributed by atoms with van der Waals surface area (Å²) in [6, 6.07) is -2.78. The number of benzene rings is 3. The first-order valence-electron chi connectivity index (χ1n) is 44.5. The van der Waals surface area contributed by atoms with Crippen LogP contribution in [0.4, 0.5) is 0 Å². The summed E-state index contributed by atoms with van der Waals surface area (Å²) < 4.78 is 0. The molecule has 4 aliphatic rings. The van der Waals surface area contributed by atoms with Crippen LogP contribution in [-0.4, -0.2) is 320 Å². The van der Waals surface area contributed by atoms with Crippen molar-refractivity contribution in [2.24, 2.45) is 11.5 Å². The minimum atomic E-state index is -1.91. The summed E-state index contributed by atoms with van der Waals surface area (Å²) in [6.45, 7) is 2.28. The summed E-state index contributed by atoms with van der Waals surface area (Å²) in [6.07, 6.45) is 2.80. The standard InChI is InChI=1S/C89H119N21O22S/c1-6-8-21-67-81(124)97-48(3)76(119)105-66(77(120)95-42-73(91)115)45-133-46-74(116)98-62(33-49-25-27-53(112)28-26-49)87(130)108-31-15-14-23-68(108)83(126)103-64(38-75(117)118)88(131)109-32-16-24-69(109)82(125)101-61(36-52-41-92-47-96-52)79(122)99-59(29-30-72(90)114)86(129)110-43-54(113)37-71(110)84(127)100-60(34-50-39-93-57-19-12-10-17-55(50)57)78(121)104-65(44-111)80(123)102-63(35-51-40-94-58-20-13-11-18-56(51)58)85(128)107(5)70(22-9-7-2)89(132)106(67)4/h10-13,17-20,25-28,39-41,47-48,54,59-71,93-94,111-113H,6-9,14-16,21-24,29-38,42-46H2,1-5H3,(H2,90,114)(H2,91,115)(H,92,96)(H,95,120)(H,97,124)(H,98,116)(H,99,122)(H,100,127)(H,101,125)(H,102,123)(H,103,126)(H,104,121)(H,105,119)(H,117,118)/t48-,54+,59-,60-,61-,62-,63-,64-,65-,66-,67-,68-,69-,70-,71-/m0/s1. The summed E-state index contributed by atoms with van der Waals surface area (Å²) in [5, 5.41) is 70.4. The van der Waals surface area contributed by atoms with Gasteiger partial charge in [-0.1, -0.05) is 88.1 Å². The van der Waals surface area contributed by atoms with Crippen LogP contribution in [0.25, 0.3) is 21.8 Å². The Kier molecular flexibility index (Phi) is 36.7. The van der Waals surface area contributed by atoms with Crippen molar-refractivity contribution in [3.63, 3.8) is 0 Å². The van der Waals surface area contributed by atoms with Crippen molar-refractivity contribution in [2.75, 3.05) is 58.4 Å². The monoisotopic (exact) mass is 1870 g/mol. The first-order chi connectivity index (χ1) is 63.6. The van der Waals surface area contributed by atoms with Gasteiger partial charge < -0.3 is 125 Å². The number of aliphatic hydroxyl groups excluding tert-OH is 2. The molecule has 43 nitrogen and oxygen atoms in total. The normalized spacial score (nSPS) is 25.4. The highest BCUT2D eigenvalue weighted by Crippen LogP contribution is 2.29. The highest BCUT2D eigenvalue weighted by molar-refractivity contribution is 8.00. The molecule has 0 unspecified atom stereocenters. The van der Waals surface area contributed by atoms with E-state index in [0.29, 0.717) is 77.0 Å². The lowest BCUT2D eigenvalue weighted by Crippen LogP contribution is -2.62. The molecule has 0 bridgehead atoms. The number of piperidine rings is 1. The number of fused-ring (bicyclic) bond motifs is 5. The van der Waals surface area contributed by atoms with Gasteiger partial charge in [-0.2, -0.15) is 0 Å². The Hall–Kier alpha value is -13.5. The van der Waals surface area contributed by atoms with Crippen molar-refractivity contribution in [3.05, 3.63) is 120 Å². The SMILES string of the molecule is CCCC[C@H]1C(=O)N(C)[C@@H](CCCC)C(=O)N[C@@H](C)C(=O)N[C@H](C(=O)NCC(N)=O)CSCC(=O)N[C@@H](Cc2ccc(O)cc2)C(=O)N2CCCC[C@H]2C(=O)N[C@@H](CC(=O)O)C(=O)N2CCC[C@H]2C(=O)N[C@@H](Cc2cnc[nH]2)C(=O)N[C@@H](CCC(N)=O)C(=O)N2C[C@H](O)C[C@H]2C(=O)N[C@@H](Cc2c[nH]c3ccccc23)C(=O)N[C@@H](CO)C(=O)N[C@@H](Cc2c[nH]c3ccccc23)C(=O)N1C. The highest BCUT2D eigenvalue weighted by atomic mass is 32.2. The number of carbonyl (C=O) groups excluding carboxylic acids is 17. The van der Waals surface area contributed by atoms with Gasteiger partial charge >= 0.3 is 5.97 Å². The van der Waals surface area contributed by atoms with Gasteiger partial charge in [-0.15, -0.1) is 11.8 Å². The number of aliphatic carboxylic acids is 1. The summed E-state index contributed by atoms with van der Waals surface area (Å²) in [5.74, 6) is -19.0. The lowest BCUT2D eigenvalue weighted by atomic mass is 9.97. The number of carboxylic acids is 1. The molecule has 4 aliphatic heterocycles. The number of phenolic OH excluding ortho intramolecular Hbond substituents is 1. The molecule has 0 saturated carbocycles. The van der Waals surface area contributed by atoms with Crippen molar-refractivity contribution in [1.82, 2.24) is 97.6 Å². The number of hydrogen-bond acceptors (Lipinski definition) is 23. The number of aromatic amines is 3. The zero-order chi connectivity index (χ0) is 96.4. The zero-order valence-corrected chi connectivity index (χ0v) is 75.5. The van der Waals surface area contributed by atoms with Gasteiger partial charge in [0.25, 0.3) is 0 Å². The Morgan fingerprint density at radius 1 is 0.526 bits per heavy atom. The lowest BCUT2D eigenvalue weighted by Gasteiger charge is -2.38. The number of hydrogen-bond donors (Lipinski definition) is 19. The molecule has 44 heteroatoms. The molecule has 7 heterocycles. The van der Waals surface area contributed by atoms with Crippen molar-refractivity contribution in [1.29, 1.82) is 0 Å². The van der Waals surface area contributed by atoms with Crippen LogP contribution in [0.2, 0.25) is 0 Å². The molecule has 718 valence electrons. The van der Waals surface area contributed by atoms with Crippen molar-refractivity contribution < 1.29 is 107 Å². The fourth-order valence-corrected chi connectivity index (χ4v) is 17.8. The number of aromatic nitrogens is 4. The van der Waals surface area contributed by atoms with Gasteiger partial charge in [0.1, 0.15) is 90.3 Å². The van der Waals surface area contributed by atoms with Gasteiger partial charge in [-0.05, 0) is 99.2 Å². The number of carboxylic acid groups (broad SMARTS) is 1. The van der Waals surface area contributed by atoms with Crippen molar-refractivity contribution >= 4 is 140 Å². The van der Waals surface area contributed by atoms with Crippen LogP contribution >= 0.6 is 11.8 Å². The number of aliphatic hydroxyl groups is 2. The van der Waals surface area contributed by atoms with E-state index in [1.54, 1.807) is 60.9 Å². The number of unbranched alkanes of at least 4 members (excludes halogenated alkanes) is 2. The zero-order valence-electron chi connectivity index (χ0n) is 74.7. The van der Waals surface area contributed by atoms with E-state index in [9.17, 15) is 68.4 Å². The summed E-state index contributed by atoms with van der Waals surface area (Å²) >= 11 is 0.782. The molecule has 6 aromatic rings. The molecule has 17 amide bonds. The Morgan fingerprint density at radius 2 is 1.05 bits per heavy atom. The molecule has 10 rings (SSSR count). The number of thioether (sulfide) groups is 1. The third-order valence-electron chi connectivity index (χ3n) is 24.2. The number of nitrogens with zero attached hydrogens (tertiary/aromatic N) is 6. The number of H-pyrrole nitrogens is 3. The smallest absolute Gasteiger partial charge is 0.305 e. The molecular weight excluding hydrogens is 1750 g/mol. The summed E-state index contributed by atoms with van der Waals surface area (Å²) in [5.41, 5.74) is 13.9. The number of rotatable bonds is 23. The van der Waals surface area contributed by atoms with Gasteiger partial charge in [-0.3, -0.25) is 86.3 Å². The molecule has 4 saturated heterocycles. The van der Waals surface area contributed by atoms with Gasteiger partial charge in [0.15, 0.2) is 0 Å². The van der Waals surface area contributed by atoms with Gasteiger partial charge in [-0.25, -0.2) is 4.98 Å². The van der Waals surface area contributed by atoms with Crippen LogP contribution in [0.3, 0.4) is 0 Å². The van der Waals surface area contributed by atoms with Gasteiger partial charge in [0.2, 0.25) is 100 Å². The maximum absolute atomic E-state index is 15.6. The number of likely N-dealkylation sites (N-methyl/N-ethyl adjacent to an activating group) is 2. The number of para-hydroxylation sites is 2. The predicted molar refractivity (Wildman–Crippen MR) is 481 cm³/mol. The number of nitrogens with two attached hydrogens (primary N) is 2. The maximum Gasteiger partial charge on any atom is 0.305 e. The molecule has 3 aromatic carbocycles.